The summed E-state index contributed by atoms with van der Waals surface area (Å²) in [5.74, 6) is -0.423. The van der Waals surface area contributed by atoms with Crippen LogP contribution in [0.3, 0.4) is 0 Å². The van der Waals surface area contributed by atoms with Gasteiger partial charge in [0, 0.05) is 32.5 Å². The summed E-state index contributed by atoms with van der Waals surface area (Å²) in [6.45, 7) is 1.17. The van der Waals surface area contributed by atoms with E-state index in [1.807, 2.05) is 0 Å². The van der Waals surface area contributed by atoms with Gasteiger partial charge in [-0.05, 0) is 18.9 Å². The fraction of sp³-hybridized carbons (Fsp3) is 0.500. The molecule has 1 aromatic rings. The Morgan fingerprint density at radius 2 is 2.20 bits per heavy atom. The van der Waals surface area contributed by atoms with Crippen LogP contribution in [0, 0.1) is 10.1 Å². The van der Waals surface area contributed by atoms with Crippen molar-refractivity contribution in [3.63, 3.8) is 0 Å². The highest BCUT2D eigenvalue weighted by Crippen LogP contribution is 2.28. The van der Waals surface area contributed by atoms with Gasteiger partial charge >= 0.3 is 5.69 Å². The lowest BCUT2D eigenvalue weighted by Crippen LogP contribution is -2.40. The first-order chi connectivity index (χ1) is 9.52. The predicted molar refractivity (Wildman–Crippen MR) is 71.8 cm³/mol. The van der Waals surface area contributed by atoms with Crippen LogP contribution in [0.1, 0.15) is 23.2 Å². The minimum Gasteiger partial charge on any atom is -0.381 e. The normalized spacial score (nSPS) is 15.9. The minimum atomic E-state index is -0.680. The van der Waals surface area contributed by atoms with Crippen LogP contribution in [-0.2, 0) is 4.74 Å². The molecule has 1 aromatic heterocycles. The summed E-state index contributed by atoms with van der Waals surface area (Å²) in [4.78, 5) is 27.9. The van der Waals surface area contributed by atoms with Crippen molar-refractivity contribution in [1.82, 2.24) is 9.88 Å². The van der Waals surface area contributed by atoms with E-state index in [4.69, 9.17) is 16.3 Å². The van der Waals surface area contributed by atoms with Gasteiger partial charge in [0.2, 0.25) is 5.15 Å². The molecule has 1 fully saturated rings. The van der Waals surface area contributed by atoms with Crippen molar-refractivity contribution >= 4 is 23.2 Å². The summed E-state index contributed by atoms with van der Waals surface area (Å²) in [6.07, 6.45) is 2.73. The van der Waals surface area contributed by atoms with Gasteiger partial charge in [-0.25, -0.2) is 4.98 Å². The molecule has 0 aromatic carbocycles. The van der Waals surface area contributed by atoms with E-state index in [-0.39, 0.29) is 16.8 Å². The van der Waals surface area contributed by atoms with Crippen LogP contribution in [0.15, 0.2) is 12.3 Å². The molecule has 7 nitrogen and oxygen atoms in total. The van der Waals surface area contributed by atoms with E-state index in [2.05, 4.69) is 4.98 Å². The van der Waals surface area contributed by atoms with Crippen molar-refractivity contribution in [2.45, 2.75) is 18.9 Å². The van der Waals surface area contributed by atoms with Gasteiger partial charge in [-0.15, -0.1) is 0 Å². The Balaban J connectivity index is 2.28. The highest BCUT2D eigenvalue weighted by Gasteiger charge is 2.30. The topological polar surface area (TPSA) is 85.6 Å². The molecule has 1 saturated heterocycles. The molecule has 1 aliphatic rings. The van der Waals surface area contributed by atoms with E-state index in [1.165, 1.54) is 17.2 Å². The smallest absolute Gasteiger partial charge is 0.319 e. The summed E-state index contributed by atoms with van der Waals surface area (Å²) < 4.78 is 5.24. The van der Waals surface area contributed by atoms with Gasteiger partial charge in [0.25, 0.3) is 5.91 Å². The average molecular weight is 300 g/mol. The van der Waals surface area contributed by atoms with Gasteiger partial charge in [0.1, 0.15) is 5.56 Å². The number of ether oxygens (including phenoxy) is 1. The Morgan fingerprint density at radius 1 is 1.55 bits per heavy atom. The molecule has 0 unspecified atom stereocenters. The van der Waals surface area contributed by atoms with Crippen LogP contribution in [-0.4, -0.2) is 47.0 Å². The number of hydrogen-bond donors (Lipinski definition) is 0. The number of carbonyl (C=O) groups excluding carboxylic acids is 1. The number of carbonyl (C=O) groups is 1. The van der Waals surface area contributed by atoms with Gasteiger partial charge in [-0.1, -0.05) is 11.6 Å². The monoisotopic (exact) mass is 299 g/mol. The number of pyridine rings is 1. The second kappa shape index (κ2) is 6.15. The van der Waals surface area contributed by atoms with Crippen molar-refractivity contribution in [1.29, 1.82) is 0 Å². The third kappa shape index (κ3) is 2.88. The minimum absolute atomic E-state index is 0.0165. The van der Waals surface area contributed by atoms with Crippen LogP contribution < -0.4 is 0 Å². The zero-order valence-corrected chi connectivity index (χ0v) is 11.7. The molecule has 2 heterocycles. The highest BCUT2D eigenvalue weighted by molar-refractivity contribution is 6.32. The highest BCUT2D eigenvalue weighted by atomic mass is 35.5. The molecule has 1 aliphatic heterocycles. The first-order valence-electron chi connectivity index (χ1n) is 6.16. The molecular formula is C12H14ClN3O4. The van der Waals surface area contributed by atoms with E-state index in [0.29, 0.717) is 13.2 Å². The van der Waals surface area contributed by atoms with E-state index >= 15 is 0 Å². The molecule has 1 amide bonds. The second-order valence-electron chi connectivity index (χ2n) is 4.51. The SMILES string of the molecule is CN(C(=O)c1ccnc(Cl)c1[N+](=O)[O-])C1CCOCC1. The number of nitro groups is 1. The molecule has 0 spiro atoms. The Labute approximate surface area is 120 Å². The summed E-state index contributed by atoms with van der Waals surface area (Å²) >= 11 is 5.72. The molecule has 0 N–H and O–H groups in total. The lowest BCUT2D eigenvalue weighted by Gasteiger charge is -2.31. The summed E-state index contributed by atoms with van der Waals surface area (Å²) in [5, 5.41) is 10.8. The maximum absolute atomic E-state index is 12.4. The third-order valence-electron chi connectivity index (χ3n) is 3.35. The van der Waals surface area contributed by atoms with Crippen molar-refractivity contribution in [2.24, 2.45) is 0 Å². The fourth-order valence-electron chi connectivity index (χ4n) is 2.20. The average Bonchev–Trinajstić information content (AvgIpc) is 2.46. The lowest BCUT2D eigenvalue weighted by molar-refractivity contribution is -0.385. The number of amides is 1. The predicted octanol–water partition coefficient (Wildman–Crippen LogP) is 1.89. The van der Waals surface area contributed by atoms with Crippen LogP contribution in [0.4, 0.5) is 5.69 Å². The summed E-state index contributed by atoms with van der Waals surface area (Å²) in [5.41, 5.74) is -0.484. The van der Waals surface area contributed by atoms with Gasteiger partial charge in [-0.3, -0.25) is 14.9 Å². The second-order valence-corrected chi connectivity index (χ2v) is 4.87. The first-order valence-corrected chi connectivity index (χ1v) is 6.54. The molecule has 0 saturated carbocycles. The zero-order chi connectivity index (χ0) is 14.7. The van der Waals surface area contributed by atoms with Crippen molar-refractivity contribution in [3.8, 4) is 0 Å². The number of hydrogen-bond acceptors (Lipinski definition) is 5. The number of rotatable bonds is 3. The Hall–Kier alpha value is -1.73. The van der Waals surface area contributed by atoms with Gasteiger partial charge in [0.05, 0.1) is 4.92 Å². The van der Waals surface area contributed by atoms with Crippen molar-refractivity contribution < 1.29 is 14.5 Å². The van der Waals surface area contributed by atoms with Crippen LogP contribution in [0.5, 0.6) is 0 Å². The van der Waals surface area contributed by atoms with Crippen molar-refractivity contribution in [2.75, 3.05) is 20.3 Å². The molecule has 8 heteroatoms. The summed E-state index contributed by atoms with van der Waals surface area (Å²) in [7, 11) is 1.64. The van der Waals surface area contributed by atoms with Crippen molar-refractivity contribution in [3.05, 3.63) is 33.1 Å². The van der Waals surface area contributed by atoms with E-state index < -0.39 is 16.5 Å². The van der Waals surface area contributed by atoms with E-state index in [9.17, 15) is 14.9 Å². The lowest BCUT2D eigenvalue weighted by atomic mass is 10.1. The Kier molecular flexibility index (Phi) is 4.51. The molecule has 108 valence electrons. The molecule has 0 radical (unpaired) electrons. The third-order valence-corrected chi connectivity index (χ3v) is 3.63. The number of nitrogens with zero attached hydrogens (tertiary/aromatic N) is 3. The number of aromatic nitrogens is 1. The molecule has 2 rings (SSSR count). The first kappa shape index (κ1) is 14.7. The zero-order valence-electron chi connectivity index (χ0n) is 10.9. The molecule has 0 atom stereocenters. The maximum Gasteiger partial charge on any atom is 0.319 e. The molecule has 0 aliphatic carbocycles. The van der Waals surface area contributed by atoms with E-state index in [0.717, 1.165) is 12.8 Å². The van der Waals surface area contributed by atoms with Crippen LogP contribution >= 0.6 is 11.6 Å². The van der Waals surface area contributed by atoms with E-state index in [1.54, 1.807) is 7.05 Å². The van der Waals surface area contributed by atoms with Gasteiger partial charge in [0.15, 0.2) is 0 Å². The number of halogens is 1. The Morgan fingerprint density at radius 3 is 2.80 bits per heavy atom. The fourth-order valence-corrected chi connectivity index (χ4v) is 2.43. The van der Waals surface area contributed by atoms with Crippen LogP contribution in [0.2, 0.25) is 5.15 Å². The molecule has 0 bridgehead atoms. The van der Waals surface area contributed by atoms with Gasteiger partial charge in [-0.2, -0.15) is 0 Å². The Bertz CT molecular complexity index is 531. The summed E-state index contributed by atoms with van der Waals surface area (Å²) in [6, 6.07) is 1.34. The van der Waals surface area contributed by atoms with Gasteiger partial charge < -0.3 is 9.64 Å². The van der Waals surface area contributed by atoms with Crippen LogP contribution in [0.25, 0.3) is 0 Å². The quantitative estimate of drug-likeness (QED) is 0.483. The molecular weight excluding hydrogens is 286 g/mol. The standard InChI is InChI=1S/C12H14ClN3O4/c1-15(8-3-6-20-7-4-8)12(17)9-2-5-14-11(13)10(9)16(18)19/h2,5,8H,3-4,6-7H2,1H3. The maximum atomic E-state index is 12.4. The largest absolute Gasteiger partial charge is 0.381 e. The molecule has 20 heavy (non-hydrogen) atoms.